The maximum Gasteiger partial charge on any atom is 0.319 e. The second kappa shape index (κ2) is 8.68. The monoisotopic (exact) mass is 347 g/mol. The lowest BCUT2D eigenvalue weighted by molar-refractivity contribution is 0.123. The number of hydrogen-bond donors (Lipinski definition) is 2. The average Bonchev–Trinajstić information content (AvgIpc) is 2.62. The van der Waals surface area contributed by atoms with E-state index in [-0.39, 0.29) is 24.0 Å². The summed E-state index contributed by atoms with van der Waals surface area (Å²) in [6.45, 7) is 6.82. The summed E-state index contributed by atoms with van der Waals surface area (Å²) in [4.78, 5) is 15.6. The summed E-state index contributed by atoms with van der Waals surface area (Å²) in [5.41, 5.74) is 1.07. The predicted molar refractivity (Wildman–Crippen MR) is 102 cm³/mol. The lowest BCUT2D eigenvalue weighted by Crippen LogP contribution is -2.49. The number of rotatable bonds is 6. The molecular formula is C20H33N3O2. The van der Waals surface area contributed by atoms with E-state index in [1.807, 2.05) is 11.0 Å². The number of nitrogens with one attached hydrogen (secondary N) is 1. The van der Waals surface area contributed by atoms with Gasteiger partial charge in [0.05, 0.1) is 0 Å². The maximum absolute atomic E-state index is 12.0. The van der Waals surface area contributed by atoms with Gasteiger partial charge in [-0.05, 0) is 23.8 Å². The van der Waals surface area contributed by atoms with Crippen LogP contribution in [-0.4, -0.2) is 67.3 Å². The third-order valence-electron chi connectivity index (χ3n) is 5.31. The summed E-state index contributed by atoms with van der Waals surface area (Å²) in [5, 5.41) is 13.5. The topological polar surface area (TPSA) is 55.8 Å². The van der Waals surface area contributed by atoms with Crippen LogP contribution < -0.4 is 5.32 Å². The van der Waals surface area contributed by atoms with Crippen molar-refractivity contribution in [2.75, 3.05) is 40.3 Å². The number of likely N-dealkylation sites (tertiary alicyclic amines) is 1. The normalized spacial score (nSPS) is 17.4. The van der Waals surface area contributed by atoms with E-state index in [4.69, 9.17) is 0 Å². The van der Waals surface area contributed by atoms with Gasteiger partial charge in [0.2, 0.25) is 0 Å². The molecule has 0 radical (unpaired) electrons. The van der Waals surface area contributed by atoms with Crippen LogP contribution in [0.5, 0.6) is 0 Å². The summed E-state index contributed by atoms with van der Waals surface area (Å²) in [6.07, 6.45) is 1.95. The smallest absolute Gasteiger partial charge is 0.319 e. The Kier molecular flexibility index (Phi) is 6.85. The van der Waals surface area contributed by atoms with E-state index in [9.17, 15) is 9.90 Å². The molecule has 2 rings (SSSR count). The van der Waals surface area contributed by atoms with Gasteiger partial charge in [-0.3, -0.25) is 0 Å². The van der Waals surface area contributed by atoms with Crippen LogP contribution in [-0.2, 0) is 0 Å². The molecule has 1 aromatic rings. The van der Waals surface area contributed by atoms with Crippen LogP contribution in [0.2, 0.25) is 0 Å². The van der Waals surface area contributed by atoms with E-state index in [1.165, 1.54) is 5.56 Å². The van der Waals surface area contributed by atoms with Crippen molar-refractivity contribution in [3.63, 3.8) is 0 Å². The van der Waals surface area contributed by atoms with Crippen molar-refractivity contribution in [3.8, 4) is 0 Å². The Morgan fingerprint density at radius 1 is 1.28 bits per heavy atom. The molecule has 0 spiro atoms. The molecule has 1 aromatic carbocycles. The maximum atomic E-state index is 12.0. The fourth-order valence-corrected chi connectivity index (χ4v) is 3.48. The highest BCUT2D eigenvalue weighted by atomic mass is 16.3. The molecule has 2 N–H and O–H groups in total. The molecular weight excluding hydrogens is 314 g/mol. The van der Waals surface area contributed by atoms with Gasteiger partial charge in [0, 0.05) is 52.3 Å². The minimum atomic E-state index is -0.185. The number of piperidine rings is 1. The van der Waals surface area contributed by atoms with Gasteiger partial charge in [-0.15, -0.1) is 0 Å². The van der Waals surface area contributed by atoms with Gasteiger partial charge in [-0.25, -0.2) is 4.79 Å². The van der Waals surface area contributed by atoms with E-state index >= 15 is 0 Å². The Balaban J connectivity index is 1.93. The van der Waals surface area contributed by atoms with Crippen LogP contribution in [0.1, 0.15) is 38.2 Å². The summed E-state index contributed by atoms with van der Waals surface area (Å²) < 4.78 is 0. The first kappa shape index (κ1) is 19.7. The SMILES string of the molecule is CN(C)C(=O)N1CCC(NCC(c2ccccc2)C(C)(C)CO)CC1. The molecule has 0 aliphatic carbocycles. The van der Waals surface area contributed by atoms with Crippen molar-refractivity contribution in [1.82, 2.24) is 15.1 Å². The minimum absolute atomic E-state index is 0.0991. The molecule has 1 unspecified atom stereocenters. The second-order valence-electron chi connectivity index (χ2n) is 7.96. The molecule has 2 amide bonds. The van der Waals surface area contributed by atoms with Crippen molar-refractivity contribution < 1.29 is 9.90 Å². The average molecular weight is 348 g/mol. The number of amides is 2. The standard InChI is InChI=1S/C20H33N3O2/c1-20(2,15-24)18(16-8-6-5-7-9-16)14-21-17-10-12-23(13-11-17)19(25)22(3)4/h5-9,17-18,21,24H,10-15H2,1-4H3. The van der Waals surface area contributed by atoms with E-state index in [0.717, 1.165) is 32.5 Å². The first-order valence-electron chi connectivity index (χ1n) is 9.20. The molecule has 1 fully saturated rings. The largest absolute Gasteiger partial charge is 0.396 e. The number of urea groups is 1. The molecule has 1 atom stereocenters. The fourth-order valence-electron chi connectivity index (χ4n) is 3.48. The number of aliphatic hydroxyl groups is 1. The van der Waals surface area contributed by atoms with Gasteiger partial charge in [-0.2, -0.15) is 0 Å². The van der Waals surface area contributed by atoms with Crippen LogP contribution in [0.3, 0.4) is 0 Å². The van der Waals surface area contributed by atoms with Gasteiger partial charge in [0.15, 0.2) is 0 Å². The van der Waals surface area contributed by atoms with Gasteiger partial charge in [0.1, 0.15) is 0 Å². The van der Waals surface area contributed by atoms with Crippen LogP contribution in [0.25, 0.3) is 0 Å². The molecule has 1 heterocycles. The van der Waals surface area contributed by atoms with Gasteiger partial charge in [0.25, 0.3) is 0 Å². The molecule has 1 aliphatic rings. The number of aliphatic hydroxyl groups excluding tert-OH is 1. The van der Waals surface area contributed by atoms with Crippen molar-refractivity contribution in [3.05, 3.63) is 35.9 Å². The second-order valence-corrected chi connectivity index (χ2v) is 7.96. The lowest BCUT2D eigenvalue weighted by atomic mass is 9.75. The minimum Gasteiger partial charge on any atom is -0.396 e. The Labute approximate surface area is 152 Å². The highest BCUT2D eigenvalue weighted by Crippen LogP contribution is 2.34. The third kappa shape index (κ3) is 5.19. The first-order chi connectivity index (χ1) is 11.8. The molecule has 0 saturated carbocycles. The number of hydrogen-bond acceptors (Lipinski definition) is 3. The Bertz CT molecular complexity index is 537. The molecule has 5 nitrogen and oxygen atoms in total. The third-order valence-corrected chi connectivity index (χ3v) is 5.31. The number of nitrogens with zero attached hydrogens (tertiary/aromatic N) is 2. The quantitative estimate of drug-likeness (QED) is 0.831. The molecule has 1 saturated heterocycles. The Morgan fingerprint density at radius 3 is 2.40 bits per heavy atom. The molecule has 0 bridgehead atoms. The Morgan fingerprint density at radius 2 is 1.88 bits per heavy atom. The highest BCUT2D eigenvalue weighted by molar-refractivity contribution is 5.73. The number of carbonyl (C=O) groups is 1. The van der Waals surface area contributed by atoms with Crippen LogP contribution in [0.4, 0.5) is 4.79 Å². The fraction of sp³-hybridized carbons (Fsp3) is 0.650. The summed E-state index contributed by atoms with van der Waals surface area (Å²) >= 11 is 0. The number of carbonyl (C=O) groups excluding carboxylic acids is 1. The zero-order valence-corrected chi connectivity index (χ0v) is 16.0. The van der Waals surface area contributed by atoms with Gasteiger partial charge < -0.3 is 20.2 Å². The van der Waals surface area contributed by atoms with Crippen LogP contribution in [0.15, 0.2) is 30.3 Å². The highest BCUT2D eigenvalue weighted by Gasteiger charge is 2.31. The van der Waals surface area contributed by atoms with Crippen molar-refractivity contribution in [2.45, 2.75) is 38.6 Å². The summed E-state index contributed by atoms with van der Waals surface area (Å²) in [7, 11) is 3.60. The van der Waals surface area contributed by atoms with Crippen LogP contribution in [0, 0.1) is 5.41 Å². The predicted octanol–water partition coefficient (Wildman–Crippen LogP) is 2.52. The molecule has 5 heteroatoms. The molecule has 140 valence electrons. The van der Waals surface area contributed by atoms with Crippen LogP contribution >= 0.6 is 0 Å². The number of benzene rings is 1. The van der Waals surface area contributed by atoms with Gasteiger partial charge in [-0.1, -0.05) is 44.2 Å². The first-order valence-corrected chi connectivity index (χ1v) is 9.20. The molecule has 25 heavy (non-hydrogen) atoms. The van der Waals surface area contributed by atoms with E-state index in [1.54, 1.807) is 19.0 Å². The molecule has 1 aliphatic heterocycles. The zero-order chi connectivity index (χ0) is 18.4. The van der Waals surface area contributed by atoms with E-state index < -0.39 is 0 Å². The zero-order valence-electron chi connectivity index (χ0n) is 16.0. The summed E-state index contributed by atoms with van der Waals surface area (Å²) in [5.74, 6) is 0.250. The molecule has 0 aromatic heterocycles. The van der Waals surface area contributed by atoms with E-state index in [0.29, 0.717) is 6.04 Å². The van der Waals surface area contributed by atoms with E-state index in [2.05, 4.69) is 43.4 Å². The summed E-state index contributed by atoms with van der Waals surface area (Å²) in [6, 6.07) is 10.9. The lowest BCUT2D eigenvalue weighted by Gasteiger charge is -2.37. The van der Waals surface area contributed by atoms with Gasteiger partial charge >= 0.3 is 6.03 Å². The van der Waals surface area contributed by atoms with Crippen molar-refractivity contribution >= 4 is 6.03 Å². The Hall–Kier alpha value is -1.59. The van der Waals surface area contributed by atoms with Crippen molar-refractivity contribution in [2.24, 2.45) is 5.41 Å². The van der Waals surface area contributed by atoms with Crippen molar-refractivity contribution in [1.29, 1.82) is 0 Å².